The number of ether oxygens (including phenoxy) is 1. The molecule has 1 amide bonds. The minimum absolute atomic E-state index is 0.0138. The van der Waals surface area contributed by atoms with Gasteiger partial charge in [-0.1, -0.05) is 11.2 Å². The fourth-order valence-electron chi connectivity index (χ4n) is 3.73. The van der Waals surface area contributed by atoms with Crippen molar-refractivity contribution in [2.24, 2.45) is 5.92 Å². The van der Waals surface area contributed by atoms with Crippen molar-refractivity contribution in [3.63, 3.8) is 0 Å². The maximum atomic E-state index is 13.1. The molecule has 4 rings (SSSR count). The van der Waals surface area contributed by atoms with Crippen LogP contribution in [0.15, 0.2) is 47.0 Å². The highest BCUT2D eigenvalue weighted by Gasteiger charge is 2.26. The molecule has 1 aliphatic rings. The van der Waals surface area contributed by atoms with Gasteiger partial charge in [-0.2, -0.15) is 4.98 Å². The highest BCUT2D eigenvalue weighted by molar-refractivity contribution is 5.94. The smallest absolute Gasteiger partial charge is 0.241 e. The third-order valence-electron chi connectivity index (χ3n) is 5.50. The van der Waals surface area contributed by atoms with Crippen LogP contribution in [0.25, 0.3) is 11.4 Å². The van der Waals surface area contributed by atoms with Gasteiger partial charge in [0.05, 0.1) is 19.3 Å². The van der Waals surface area contributed by atoms with Crippen LogP contribution in [0.4, 0.5) is 10.1 Å². The standard InChI is InChI=1S/C23H25FN4O3/c1-15-3-8-20(30-2)19(13-15)25-23(29)17-9-11-28(12-10-17)14-21-26-22(27-31-21)16-4-6-18(24)7-5-16/h3-8,13,17H,9-12,14H2,1-2H3,(H,25,29). The highest BCUT2D eigenvalue weighted by Crippen LogP contribution is 2.27. The number of aromatic nitrogens is 2. The molecule has 0 atom stereocenters. The molecule has 0 spiro atoms. The van der Waals surface area contributed by atoms with E-state index in [-0.39, 0.29) is 17.6 Å². The van der Waals surface area contributed by atoms with Gasteiger partial charge in [0.15, 0.2) is 0 Å². The number of nitrogens with zero attached hydrogens (tertiary/aromatic N) is 3. The second kappa shape index (κ2) is 9.26. The largest absolute Gasteiger partial charge is 0.495 e. The first kappa shape index (κ1) is 21.0. The first-order chi connectivity index (χ1) is 15.0. The van der Waals surface area contributed by atoms with Crippen molar-refractivity contribution >= 4 is 11.6 Å². The van der Waals surface area contributed by atoms with Crippen LogP contribution in [-0.4, -0.2) is 41.1 Å². The molecule has 8 heteroatoms. The number of hydrogen-bond acceptors (Lipinski definition) is 6. The van der Waals surface area contributed by atoms with E-state index >= 15 is 0 Å². The Morgan fingerprint density at radius 1 is 1.23 bits per heavy atom. The van der Waals surface area contributed by atoms with Gasteiger partial charge in [0.25, 0.3) is 0 Å². The summed E-state index contributed by atoms with van der Waals surface area (Å²) in [6, 6.07) is 11.7. The number of piperidine rings is 1. The second-order valence-corrected chi connectivity index (χ2v) is 7.76. The average molecular weight is 424 g/mol. The van der Waals surface area contributed by atoms with Crippen LogP contribution >= 0.6 is 0 Å². The highest BCUT2D eigenvalue weighted by atomic mass is 19.1. The van der Waals surface area contributed by atoms with E-state index in [9.17, 15) is 9.18 Å². The van der Waals surface area contributed by atoms with Gasteiger partial charge in [-0.25, -0.2) is 4.39 Å². The molecule has 0 saturated carbocycles. The van der Waals surface area contributed by atoms with Crippen LogP contribution in [0.2, 0.25) is 0 Å². The molecular formula is C23H25FN4O3. The normalized spacial score (nSPS) is 15.1. The molecule has 1 aromatic heterocycles. The molecule has 1 saturated heterocycles. The third-order valence-corrected chi connectivity index (χ3v) is 5.50. The molecule has 0 bridgehead atoms. The van der Waals surface area contributed by atoms with Crippen LogP contribution < -0.4 is 10.1 Å². The third kappa shape index (κ3) is 5.08. The van der Waals surface area contributed by atoms with Crippen molar-refractivity contribution < 1.29 is 18.4 Å². The van der Waals surface area contributed by atoms with Gasteiger partial charge < -0.3 is 14.6 Å². The zero-order valence-electron chi connectivity index (χ0n) is 17.6. The number of halogens is 1. The topological polar surface area (TPSA) is 80.5 Å². The summed E-state index contributed by atoms with van der Waals surface area (Å²) in [6.07, 6.45) is 1.50. The Morgan fingerprint density at radius 2 is 1.97 bits per heavy atom. The van der Waals surface area contributed by atoms with Gasteiger partial charge in [-0.05, 0) is 74.8 Å². The average Bonchev–Trinajstić information content (AvgIpc) is 3.23. The maximum Gasteiger partial charge on any atom is 0.241 e. The SMILES string of the molecule is COc1ccc(C)cc1NC(=O)C1CCN(Cc2nc(-c3ccc(F)cc3)no2)CC1. The van der Waals surface area contributed by atoms with Crippen LogP contribution in [0, 0.1) is 18.7 Å². The molecule has 0 aliphatic carbocycles. The molecule has 31 heavy (non-hydrogen) atoms. The number of amides is 1. The number of anilines is 1. The molecule has 1 fully saturated rings. The summed E-state index contributed by atoms with van der Waals surface area (Å²) in [5.74, 6) is 1.26. The van der Waals surface area contributed by atoms with Crippen LogP contribution in [-0.2, 0) is 11.3 Å². The van der Waals surface area contributed by atoms with Gasteiger partial charge in [0, 0.05) is 11.5 Å². The van der Waals surface area contributed by atoms with E-state index in [4.69, 9.17) is 9.26 Å². The maximum absolute atomic E-state index is 13.1. The molecule has 7 nitrogen and oxygen atoms in total. The van der Waals surface area contributed by atoms with Crippen molar-refractivity contribution in [1.29, 1.82) is 0 Å². The molecule has 162 valence electrons. The molecule has 2 heterocycles. The summed E-state index contributed by atoms with van der Waals surface area (Å²) in [5, 5.41) is 7.00. The summed E-state index contributed by atoms with van der Waals surface area (Å²) in [5.41, 5.74) is 2.47. The van der Waals surface area contributed by atoms with E-state index in [1.54, 1.807) is 19.2 Å². The first-order valence-corrected chi connectivity index (χ1v) is 10.3. The summed E-state index contributed by atoms with van der Waals surface area (Å²) in [6.45, 7) is 4.02. The Morgan fingerprint density at radius 3 is 2.68 bits per heavy atom. The minimum atomic E-state index is -0.305. The Hall–Kier alpha value is -3.26. The second-order valence-electron chi connectivity index (χ2n) is 7.76. The molecule has 1 aliphatic heterocycles. The Balaban J connectivity index is 1.30. The van der Waals surface area contributed by atoms with E-state index in [1.807, 2.05) is 25.1 Å². The number of nitrogens with one attached hydrogen (secondary N) is 1. The van der Waals surface area contributed by atoms with Crippen molar-refractivity contribution in [3.05, 3.63) is 59.7 Å². The van der Waals surface area contributed by atoms with Gasteiger partial charge in [-0.3, -0.25) is 9.69 Å². The van der Waals surface area contributed by atoms with Crippen molar-refractivity contribution in [3.8, 4) is 17.1 Å². The zero-order chi connectivity index (χ0) is 21.8. The molecule has 0 radical (unpaired) electrons. The van der Waals surface area contributed by atoms with Crippen LogP contribution in [0.3, 0.4) is 0 Å². The Bertz CT molecular complexity index is 1040. The summed E-state index contributed by atoms with van der Waals surface area (Å²) >= 11 is 0. The number of carbonyl (C=O) groups is 1. The van der Waals surface area contributed by atoms with Crippen molar-refractivity contribution in [2.45, 2.75) is 26.3 Å². The monoisotopic (exact) mass is 424 g/mol. The molecule has 0 unspecified atom stereocenters. The first-order valence-electron chi connectivity index (χ1n) is 10.3. The number of likely N-dealkylation sites (tertiary alicyclic amines) is 1. The lowest BCUT2D eigenvalue weighted by atomic mass is 9.95. The van der Waals surface area contributed by atoms with Crippen LogP contribution in [0.5, 0.6) is 5.75 Å². The summed E-state index contributed by atoms with van der Waals surface area (Å²) < 4.78 is 23.8. The van der Waals surface area contributed by atoms with Gasteiger partial charge in [0.1, 0.15) is 11.6 Å². The van der Waals surface area contributed by atoms with Gasteiger partial charge >= 0.3 is 0 Å². The fraction of sp³-hybridized carbons (Fsp3) is 0.348. The molecule has 2 aromatic carbocycles. The lowest BCUT2D eigenvalue weighted by Gasteiger charge is -2.30. The number of benzene rings is 2. The lowest BCUT2D eigenvalue weighted by molar-refractivity contribution is -0.121. The minimum Gasteiger partial charge on any atom is -0.495 e. The van der Waals surface area contributed by atoms with E-state index < -0.39 is 0 Å². The zero-order valence-corrected chi connectivity index (χ0v) is 17.6. The lowest BCUT2D eigenvalue weighted by Crippen LogP contribution is -2.37. The van der Waals surface area contributed by atoms with E-state index in [1.165, 1.54) is 12.1 Å². The number of methoxy groups -OCH3 is 1. The molecule has 1 N–H and O–H groups in total. The van der Waals surface area contributed by atoms with Gasteiger partial charge in [0.2, 0.25) is 17.6 Å². The number of carbonyl (C=O) groups excluding carboxylic acids is 1. The Labute approximate surface area is 180 Å². The Kier molecular flexibility index (Phi) is 6.27. The number of rotatable bonds is 6. The molecular weight excluding hydrogens is 399 g/mol. The quantitative estimate of drug-likeness (QED) is 0.643. The summed E-state index contributed by atoms with van der Waals surface area (Å²) in [4.78, 5) is 19.3. The van der Waals surface area contributed by atoms with E-state index in [0.29, 0.717) is 35.3 Å². The van der Waals surface area contributed by atoms with E-state index in [2.05, 4.69) is 20.4 Å². The number of aryl methyl sites for hydroxylation is 1. The fourth-order valence-corrected chi connectivity index (χ4v) is 3.73. The van der Waals surface area contributed by atoms with Crippen molar-refractivity contribution in [1.82, 2.24) is 15.0 Å². The molecule has 3 aromatic rings. The predicted molar refractivity (Wildman–Crippen MR) is 114 cm³/mol. The van der Waals surface area contributed by atoms with Crippen molar-refractivity contribution in [2.75, 3.05) is 25.5 Å². The van der Waals surface area contributed by atoms with Crippen LogP contribution in [0.1, 0.15) is 24.3 Å². The number of hydrogen-bond donors (Lipinski definition) is 1. The van der Waals surface area contributed by atoms with Gasteiger partial charge in [-0.15, -0.1) is 0 Å². The predicted octanol–water partition coefficient (Wildman–Crippen LogP) is 4.04. The van der Waals surface area contributed by atoms with E-state index in [0.717, 1.165) is 31.5 Å². The summed E-state index contributed by atoms with van der Waals surface area (Å²) in [7, 11) is 1.60.